The molecule has 0 spiro atoms. The van der Waals surface area contributed by atoms with Crippen LogP contribution in [-0.2, 0) is 28.4 Å². The van der Waals surface area contributed by atoms with Gasteiger partial charge in [0.05, 0.1) is 29.9 Å². The maximum atomic E-state index is 12.8. The molecule has 2 fully saturated rings. The molecule has 0 amide bonds. The molecule has 2 aliphatic rings. The van der Waals surface area contributed by atoms with Crippen LogP contribution >= 0.6 is 23.2 Å². The van der Waals surface area contributed by atoms with Crippen molar-refractivity contribution in [3.05, 3.63) is 112 Å². The summed E-state index contributed by atoms with van der Waals surface area (Å²) in [5.74, 6) is -0.383. The monoisotopic (exact) mass is 768 g/mol. The van der Waals surface area contributed by atoms with E-state index >= 15 is 0 Å². The maximum Gasteiger partial charge on any atom is 0.350 e. The van der Waals surface area contributed by atoms with Gasteiger partial charge in [0.2, 0.25) is 12.1 Å². The van der Waals surface area contributed by atoms with Crippen LogP contribution in [0.4, 0.5) is 11.4 Å². The Kier molecular flexibility index (Phi) is 11.8. The summed E-state index contributed by atoms with van der Waals surface area (Å²) in [6.45, 7) is 11.4. The minimum atomic E-state index is -1.14. The summed E-state index contributed by atoms with van der Waals surface area (Å²) in [6, 6.07) is 21.7. The van der Waals surface area contributed by atoms with E-state index in [2.05, 4.69) is 51.2 Å². The van der Waals surface area contributed by atoms with Gasteiger partial charge >= 0.3 is 5.69 Å². The number of aromatic nitrogens is 6. The molecule has 4 heterocycles. The number of anilines is 2. The van der Waals surface area contributed by atoms with Gasteiger partial charge in [-0.1, -0.05) is 36.2 Å². The molecule has 52 heavy (non-hydrogen) atoms. The molecule has 5 aromatic rings. The Morgan fingerprint density at radius 3 is 2.21 bits per heavy atom. The molecule has 276 valence electrons. The van der Waals surface area contributed by atoms with Gasteiger partial charge in [-0.3, -0.25) is 0 Å². The van der Waals surface area contributed by atoms with E-state index in [0.717, 1.165) is 62.0 Å². The largest absolute Gasteiger partial charge is 1.00 e. The number of benzene rings is 3. The first kappa shape index (κ1) is 37.7. The number of nitrogens with zero attached hydrogens (tertiary/aromatic N) is 8. The molecule has 7 rings (SSSR count). The number of piperazine rings is 1. The lowest BCUT2D eigenvalue weighted by Gasteiger charge is -2.37. The smallest absolute Gasteiger partial charge is 0.350 e. The van der Waals surface area contributed by atoms with E-state index in [-0.39, 0.29) is 30.2 Å². The summed E-state index contributed by atoms with van der Waals surface area (Å²) < 4.78 is 26.0. The summed E-state index contributed by atoms with van der Waals surface area (Å²) in [6.07, 6.45) is 5.81. The number of hydrogen-bond acceptors (Lipinski definition) is 8. The molecule has 0 radical (unpaired) electrons. The average molecular weight is 770 g/mol. The SMILES string of the molecule is CCC(C)n1ncn(-c2ccc(N3CCN(c4ccc(OCC5COC(Cn6c[n+](CC)cn6)(c6ccc(Cl)cc6Cl)O5)cc4)CC3)cc2)c1=O.[Cl-]. The molecule has 2 saturated heterocycles. The molecule has 3 atom stereocenters. The Morgan fingerprint density at radius 2 is 1.60 bits per heavy atom. The molecule has 15 heteroatoms. The van der Waals surface area contributed by atoms with Gasteiger partial charge in [0.15, 0.2) is 6.54 Å². The molecular formula is C37H43Cl3N8O4. The van der Waals surface area contributed by atoms with Crippen LogP contribution in [0, 0.1) is 0 Å². The molecule has 3 unspecified atom stereocenters. The van der Waals surface area contributed by atoms with Crippen molar-refractivity contribution in [1.82, 2.24) is 24.1 Å². The summed E-state index contributed by atoms with van der Waals surface area (Å²) in [5, 5.41) is 9.79. The Bertz CT molecular complexity index is 1990. The topological polar surface area (TPSA) is 95.7 Å². The van der Waals surface area contributed by atoms with Crippen LogP contribution in [0.1, 0.15) is 38.8 Å². The normalized spacial score (nSPS) is 19.4. The Labute approximate surface area is 319 Å². The standard InChI is InChI=1S/C37H43Cl2N8O4.ClH/c1-4-27(3)47-36(48)46(25-41-47)31-9-7-29(8-10-31)43-16-18-44(19-17-43)30-11-13-32(14-12-30)49-21-33-22-50-37(51-33,23-45-26-42(5-2)24-40-45)34-15-6-28(38)20-35(34)39;/h6-15,20,24-27,33H,4-5,16-19,21-23H2,1-3H3;1H/q+1;/p-1. The van der Waals surface area contributed by atoms with Gasteiger partial charge in [0.1, 0.15) is 24.8 Å². The molecule has 0 aliphatic carbocycles. The third-order valence-electron chi connectivity index (χ3n) is 9.68. The zero-order chi connectivity index (χ0) is 35.5. The summed E-state index contributed by atoms with van der Waals surface area (Å²) >= 11 is 12.9. The molecule has 2 aromatic heterocycles. The fourth-order valence-corrected chi connectivity index (χ4v) is 7.09. The molecular weight excluding hydrogens is 727 g/mol. The second-order valence-electron chi connectivity index (χ2n) is 13.0. The fourth-order valence-electron chi connectivity index (χ4n) is 6.53. The zero-order valence-electron chi connectivity index (χ0n) is 29.4. The third kappa shape index (κ3) is 7.96. The lowest BCUT2D eigenvalue weighted by Crippen LogP contribution is -3.00. The summed E-state index contributed by atoms with van der Waals surface area (Å²) in [5.41, 5.74) is 3.68. The van der Waals surface area contributed by atoms with E-state index in [1.165, 1.54) is 0 Å². The molecule has 12 nitrogen and oxygen atoms in total. The van der Waals surface area contributed by atoms with E-state index in [0.29, 0.717) is 35.4 Å². The van der Waals surface area contributed by atoms with Crippen molar-refractivity contribution < 1.29 is 31.2 Å². The van der Waals surface area contributed by atoms with E-state index in [1.54, 1.807) is 38.7 Å². The lowest BCUT2D eigenvalue weighted by molar-refractivity contribution is -0.694. The second kappa shape index (κ2) is 16.3. The number of rotatable bonds is 12. The van der Waals surface area contributed by atoms with Gasteiger partial charge in [-0.05, 0) is 80.9 Å². The Balaban J connectivity index is 0.00000464. The Hall–Kier alpha value is -4.07. The van der Waals surface area contributed by atoms with Gasteiger partial charge in [0, 0.05) is 53.2 Å². The molecule has 3 aromatic carbocycles. The highest BCUT2D eigenvalue weighted by atomic mass is 35.5. The van der Waals surface area contributed by atoms with Gasteiger partial charge in [-0.15, -0.1) is 4.68 Å². The van der Waals surface area contributed by atoms with Crippen molar-refractivity contribution >= 4 is 34.6 Å². The van der Waals surface area contributed by atoms with Crippen LogP contribution in [0.3, 0.4) is 0 Å². The second-order valence-corrected chi connectivity index (χ2v) is 13.8. The number of ether oxygens (including phenoxy) is 3. The minimum absolute atomic E-state index is 0. The predicted octanol–water partition coefficient (Wildman–Crippen LogP) is 2.49. The highest BCUT2D eigenvalue weighted by Gasteiger charge is 2.47. The quantitative estimate of drug-likeness (QED) is 0.179. The van der Waals surface area contributed by atoms with E-state index in [9.17, 15) is 4.79 Å². The lowest BCUT2D eigenvalue weighted by atomic mass is 10.1. The van der Waals surface area contributed by atoms with Gasteiger partial charge in [-0.25, -0.2) is 18.6 Å². The fraction of sp³-hybridized carbons (Fsp3) is 0.405. The first-order valence-corrected chi connectivity index (χ1v) is 18.2. The zero-order valence-corrected chi connectivity index (χ0v) is 31.7. The van der Waals surface area contributed by atoms with Crippen LogP contribution in [-0.4, -0.2) is 69.6 Å². The Morgan fingerprint density at radius 1 is 0.942 bits per heavy atom. The molecule has 0 N–H and O–H groups in total. The average Bonchev–Trinajstić information content (AvgIpc) is 3.90. The maximum absolute atomic E-state index is 12.8. The molecule has 0 saturated carbocycles. The van der Waals surface area contributed by atoms with Crippen molar-refractivity contribution in [3.63, 3.8) is 0 Å². The van der Waals surface area contributed by atoms with Gasteiger partial charge < -0.3 is 36.4 Å². The van der Waals surface area contributed by atoms with E-state index in [4.69, 9.17) is 37.4 Å². The van der Waals surface area contributed by atoms with Crippen LogP contribution in [0.5, 0.6) is 5.75 Å². The van der Waals surface area contributed by atoms with Crippen LogP contribution < -0.4 is 37.2 Å². The van der Waals surface area contributed by atoms with Gasteiger partial charge in [0.25, 0.3) is 6.33 Å². The highest BCUT2D eigenvalue weighted by molar-refractivity contribution is 6.35. The van der Waals surface area contributed by atoms with E-state index in [1.807, 2.05) is 55.1 Å². The van der Waals surface area contributed by atoms with Crippen molar-refractivity contribution in [1.29, 1.82) is 0 Å². The van der Waals surface area contributed by atoms with Crippen molar-refractivity contribution in [2.45, 2.75) is 58.2 Å². The van der Waals surface area contributed by atoms with E-state index < -0.39 is 5.79 Å². The summed E-state index contributed by atoms with van der Waals surface area (Å²) in [7, 11) is 0. The van der Waals surface area contributed by atoms with Crippen molar-refractivity contribution in [2.75, 3.05) is 49.2 Å². The van der Waals surface area contributed by atoms with Crippen molar-refractivity contribution in [3.8, 4) is 11.4 Å². The van der Waals surface area contributed by atoms with Gasteiger partial charge in [-0.2, -0.15) is 5.10 Å². The predicted molar refractivity (Wildman–Crippen MR) is 196 cm³/mol. The summed E-state index contributed by atoms with van der Waals surface area (Å²) in [4.78, 5) is 17.6. The first-order valence-electron chi connectivity index (χ1n) is 17.4. The number of aryl methyl sites for hydroxylation is 1. The molecule has 2 aliphatic heterocycles. The number of halogens is 3. The number of hydrogen-bond donors (Lipinski definition) is 0. The van der Waals surface area contributed by atoms with Crippen molar-refractivity contribution in [2.24, 2.45) is 0 Å². The highest BCUT2D eigenvalue weighted by Crippen LogP contribution is 2.40. The first-order chi connectivity index (χ1) is 24.7. The van der Waals surface area contributed by atoms with Crippen LogP contribution in [0.25, 0.3) is 5.69 Å². The third-order valence-corrected chi connectivity index (χ3v) is 10.2. The van der Waals surface area contributed by atoms with Crippen LogP contribution in [0.2, 0.25) is 10.0 Å². The van der Waals surface area contributed by atoms with Crippen LogP contribution in [0.15, 0.2) is 90.5 Å². The minimum Gasteiger partial charge on any atom is -1.00 e. The molecule has 0 bridgehead atoms.